The quantitative estimate of drug-likeness (QED) is 0.0533. The second kappa shape index (κ2) is 17.3. The van der Waals surface area contributed by atoms with E-state index in [9.17, 15) is 34.2 Å². The Kier molecular flexibility index (Phi) is 14.6. The zero-order chi connectivity index (χ0) is 31.1. The van der Waals surface area contributed by atoms with Crippen LogP contribution >= 0.6 is 0 Å². The molecule has 1 aromatic rings. The molecule has 228 valence electrons. The number of rotatable bonds is 18. The number of aromatic hydroxyl groups is 1. The van der Waals surface area contributed by atoms with E-state index in [1.54, 1.807) is 12.1 Å². The number of nitrogens with zero attached hydrogens (tertiary/aromatic N) is 1. The number of phenolic OH excluding ortho intramolecular Hbond substituents is 1. The lowest BCUT2D eigenvalue weighted by atomic mass is 10.0. The van der Waals surface area contributed by atoms with Crippen LogP contribution < -0.4 is 38.9 Å². The summed E-state index contributed by atoms with van der Waals surface area (Å²) in [4.78, 5) is 66.0. The van der Waals surface area contributed by atoms with Crippen LogP contribution in [0.15, 0.2) is 29.3 Å². The Balaban J connectivity index is 3.19. The second-order valence-electron chi connectivity index (χ2n) is 10.1. The summed E-state index contributed by atoms with van der Waals surface area (Å²) in [5, 5.41) is 26.8. The second-order valence-corrected chi connectivity index (χ2v) is 10.1. The van der Waals surface area contributed by atoms with E-state index in [1.807, 2.05) is 13.8 Å². The van der Waals surface area contributed by atoms with E-state index in [4.69, 9.17) is 22.9 Å². The first-order valence-corrected chi connectivity index (χ1v) is 13.2. The van der Waals surface area contributed by atoms with Crippen LogP contribution in [0.4, 0.5) is 0 Å². The smallest absolute Gasteiger partial charge is 0.326 e. The van der Waals surface area contributed by atoms with E-state index in [2.05, 4.69) is 20.9 Å². The highest BCUT2D eigenvalue weighted by Gasteiger charge is 2.30. The Morgan fingerprint density at radius 3 is 1.95 bits per heavy atom. The molecule has 4 atom stereocenters. The first-order chi connectivity index (χ1) is 19.2. The average Bonchev–Trinajstić information content (AvgIpc) is 2.88. The molecule has 0 heterocycles. The molecule has 0 bridgehead atoms. The van der Waals surface area contributed by atoms with Crippen LogP contribution in [-0.2, 0) is 30.4 Å². The summed E-state index contributed by atoms with van der Waals surface area (Å²) >= 11 is 0. The van der Waals surface area contributed by atoms with Gasteiger partial charge in [0.1, 0.15) is 23.9 Å². The van der Waals surface area contributed by atoms with Crippen LogP contribution in [-0.4, -0.2) is 76.5 Å². The fourth-order valence-corrected chi connectivity index (χ4v) is 3.79. The Labute approximate surface area is 238 Å². The third-order valence-corrected chi connectivity index (χ3v) is 5.95. The number of aliphatic carboxylic acids is 1. The molecule has 0 aliphatic rings. The molecule has 0 aliphatic heterocycles. The molecule has 1 aromatic carbocycles. The predicted octanol–water partition coefficient (Wildman–Crippen LogP) is -1.83. The highest BCUT2D eigenvalue weighted by Crippen LogP contribution is 2.13. The van der Waals surface area contributed by atoms with E-state index < -0.39 is 53.8 Å². The number of primary amides is 1. The maximum Gasteiger partial charge on any atom is 0.326 e. The molecule has 4 amide bonds. The lowest BCUT2D eigenvalue weighted by Crippen LogP contribution is -2.57. The minimum absolute atomic E-state index is 0.00196. The van der Waals surface area contributed by atoms with Crippen LogP contribution in [0.1, 0.15) is 51.5 Å². The number of carboxylic acid groups (broad SMARTS) is 1. The minimum atomic E-state index is -1.23. The van der Waals surface area contributed by atoms with Gasteiger partial charge in [-0.05, 0) is 49.3 Å². The summed E-state index contributed by atoms with van der Waals surface area (Å²) in [5.41, 5.74) is 22.2. The van der Waals surface area contributed by atoms with Crippen molar-refractivity contribution >= 4 is 35.6 Å². The van der Waals surface area contributed by atoms with Crippen molar-refractivity contribution in [2.75, 3.05) is 6.54 Å². The summed E-state index contributed by atoms with van der Waals surface area (Å²) in [6, 6.07) is 1.20. The van der Waals surface area contributed by atoms with Crippen LogP contribution in [0.25, 0.3) is 0 Å². The van der Waals surface area contributed by atoms with Gasteiger partial charge in [0.15, 0.2) is 5.96 Å². The zero-order valence-corrected chi connectivity index (χ0v) is 23.3. The number of hydrogen-bond donors (Lipinski definition) is 9. The Hall–Kier alpha value is -4.40. The van der Waals surface area contributed by atoms with Crippen LogP contribution in [0.5, 0.6) is 5.75 Å². The third kappa shape index (κ3) is 14.0. The number of amides is 4. The monoisotopic (exact) mass is 578 g/mol. The fourth-order valence-electron chi connectivity index (χ4n) is 3.79. The SMILES string of the molecule is CC(C)CC(NC(=O)C(Cc1ccc(O)cc1)NC(=O)C(CCCN=C(N)N)NC(=O)C(N)CCC(N)=O)C(=O)O. The summed E-state index contributed by atoms with van der Waals surface area (Å²) in [6.07, 6.45) is 0.284. The first-order valence-electron chi connectivity index (χ1n) is 13.2. The van der Waals surface area contributed by atoms with Gasteiger partial charge in [0, 0.05) is 19.4 Å². The molecule has 15 heteroatoms. The van der Waals surface area contributed by atoms with Crippen LogP contribution in [0.3, 0.4) is 0 Å². The number of nitrogens with one attached hydrogen (secondary N) is 3. The van der Waals surface area contributed by atoms with Crippen molar-refractivity contribution in [3.8, 4) is 5.75 Å². The first kappa shape index (κ1) is 34.6. The number of nitrogens with two attached hydrogens (primary N) is 4. The largest absolute Gasteiger partial charge is 0.508 e. The van der Waals surface area contributed by atoms with Gasteiger partial charge < -0.3 is 49.1 Å². The summed E-state index contributed by atoms with van der Waals surface area (Å²) < 4.78 is 0. The van der Waals surface area contributed by atoms with Crippen molar-refractivity contribution in [1.82, 2.24) is 16.0 Å². The van der Waals surface area contributed by atoms with Gasteiger partial charge in [-0.1, -0.05) is 26.0 Å². The molecule has 0 spiro atoms. The van der Waals surface area contributed by atoms with Gasteiger partial charge in [-0.15, -0.1) is 0 Å². The molecular formula is C26H42N8O7. The normalized spacial score (nSPS) is 13.8. The van der Waals surface area contributed by atoms with E-state index in [0.717, 1.165) is 0 Å². The Morgan fingerprint density at radius 1 is 0.854 bits per heavy atom. The minimum Gasteiger partial charge on any atom is -0.508 e. The van der Waals surface area contributed by atoms with Crippen LogP contribution in [0.2, 0.25) is 0 Å². The standard InChI is InChI=1S/C26H42N8O7/c1-14(2)12-20(25(40)41)34-24(39)19(13-15-5-7-16(35)8-6-15)33-23(38)18(4-3-11-31-26(29)30)32-22(37)17(27)9-10-21(28)36/h5-8,14,17-20,35H,3-4,9-13,27H2,1-2H3,(H2,28,36)(H,32,37)(H,33,38)(H,34,39)(H,40,41)(H4,29,30,31). The number of benzene rings is 1. The Morgan fingerprint density at radius 2 is 1.41 bits per heavy atom. The molecule has 0 radical (unpaired) electrons. The summed E-state index contributed by atoms with van der Waals surface area (Å²) in [5.74, 6) is -4.25. The number of guanidine groups is 1. The molecule has 1 rings (SSSR count). The maximum absolute atomic E-state index is 13.4. The number of aliphatic imine (C=N–C) groups is 1. The van der Waals surface area contributed by atoms with E-state index >= 15 is 0 Å². The number of carbonyl (C=O) groups is 5. The molecule has 4 unspecified atom stereocenters. The highest BCUT2D eigenvalue weighted by molar-refractivity contribution is 5.94. The summed E-state index contributed by atoms with van der Waals surface area (Å²) in [6.45, 7) is 3.77. The van der Waals surface area contributed by atoms with E-state index in [-0.39, 0.29) is 62.7 Å². The fraction of sp³-hybridized carbons (Fsp3) is 0.538. The topological polar surface area (TPSA) is 278 Å². The van der Waals surface area contributed by atoms with Crippen molar-refractivity contribution in [2.24, 2.45) is 33.8 Å². The van der Waals surface area contributed by atoms with Gasteiger partial charge >= 0.3 is 5.97 Å². The van der Waals surface area contributed by atoms with Crippen molar-refractivity contribution in [3.63, 3.8) is 0 Å². The molecule has 0 fully saturated rings. The van der Waals surface area contributed by atoms with Gasteiger partial charge in [-0.3, -0.25) is 24.2 Å². The molecule has 0 aromatic heterocycles. The molecule has 0 aliphatic carbocycles. The lowest BCUT2D eigenvalue weighted by molar-refractivity contribution is -0.142. The maximum atomic E-state index is 13.4. The molecular weight excluding hydrogens is 536 g/mol. The van der Waals surface area contributed by atoms with Gasteiger partial charge in [0.2, 0.25) is 23.6 Å². The number of carboxylic acids is 1. The predicted molar refractivity (Wildman–Crippen MR) is 151 cm³/mol. The number of phenols is 1. The van der Waals surface area contributed by atoms with Crippen molar-refractivity contribution in [2.45, 2.75) is 76.5 Å². The van der Waals surface area contributed by atoms with Gasteiger partial charge in [-0.25, -0.2) is 4.79 Å². The van der Waals surface area contributed by atoms with Crippen molar-refractivity contribution in [1.29, 1.82) is 0 Å². The van der Waals surface area contributed by atoms with Crippen LogP contribution in [0, 0.1) is 5.92 Å². The van der Waals surface area contributed by atoms with E-state index in [1.165, 1.54) is 12.1 Å². The van der Waals surface area contributed by atoms with Gasteiger partial charge in [0.05, 0.1) is 6.04 Å². The van der Waals surface area contributed by atoms with Crippen molar-refractivity contribution in [3.05, 3.63) is 29.8 Å². The Bertz CT molecular complexity index is 1070. The lowest BCUT2D eigenvalue weighted by Gasteiger charge is -2.25. The zero-order valence-electron chi connectivity index (χ0n) is 23.3. The number of hydrogen-bond acceptors (Lipinski definition) is 8. The highest BCUT2D eigenvalue weighted by atomic mass is 16.4. The van der Waals surface area contributed by atoms with Crippen molar-refractivity contribution < 1.29 is 34.2 Å². The molecule has 0 saturated heterocycles. The molecule has 13 N–H and O–H groups in total. The molecule has 41 heavy (non-hydrogen) atoms. The molecule has 15 nitrogen and oxygen atoms in total. The molecule has 0 saturated carbocycles. The summed E-state index contributed by atoms with van der Waals surface area (Å²) in [7, 11) is 0. The van der Waals surface area contributed by atoms with E-state index in [0.29, 0.717) is 5.56 Å². The average molecular weight is 579 g/mol. The number of carbonyl (C=O) groups excluding carboxylic acids is 4. The van der Waals surface area contributed by atoms with Gasteiger partial charge in [-0.2, -0.15) is 0 Å². The third-order valence-electron chi connectivity index (χ3n) is 5.95. The van der Waals surface area contributed by atoms with Gasteiger partial charge in [0.25, 0.3) is 0 Å².